The molecule has 0 bridgehead atoms. The van der Waals surface area contributed by atoms with Crippen LogP contribution in [-0.4, -0.2) is 32.0 Å². The van der Waals surface area contributed by atoms with Crippen molar-refractivity contribution in [1.82, 2.24) is 20.1 Å². The minimum atomic E-state index is -0.118. The molecule has 1 heterocycles. The first kappa shape index (κ1) is 14.9. The monoisotopic (exact) mass is 308 g/mol. The highest BCUT2D eigenvalue weighted by molar-refractivity contribution is 8.00. The van der Waals surface area contributed by atoms with Crippen LogP contribution in [0.4, 0.5) is 0 Å². The van der Waals surface area contributed by atoms with Gasteiger partial charge in [-0.15, -0.1) is 10.2 Å². The second kappa shape index (κ2) is 6.38. The first-order valence-electron chi connectivity index (χ1n) is 8.09. The molecule has 2 aliphatic carbocycles. The Morgan fingerprint density at radius 3 is 2.67 bits per heavy atom. The lowest BCUT2D eigenvalue weighted by Gasteiger charge is -2.16. The number of hydrogen-bond donors (Lipinski definition) is 1. The van der Waals surface area contributed by atoms with Gasteiger partial charge < -0.3 is 9.88 Å². The van der Waals surface area contributed by atoms with Crippen molar-refractivity contribution in [2.24, 2.45) is 0 Å². The third-order valence-electron chi connectivity index (χ3n) is 4.36. The molecule has 0 aromatic carbocycles. The van der Waals surface area contributed by atoms with Crippen LogP contribution in [0.3, 0.4) is 0 Å². The predicted octanol–water partition coefficient (Wildman–Crippen LogP) is 2.71. The molecular formula is C15H24N4OS. The van der Waals surface area contributed by atoms with Gasteiger partial charge in [0.25, 0.3) is 0 Å². The molecule has 6 heteroatoms. The summed E-state index contributed by atoms with van der Waals surface area (Å²) in [5.41, 5.74) is 0. The Morgan fingerprint density at radius 1 is 1.33 bits per heavy atom. The fourth-order valence-electron chi connectivity index (χ4n) is 2.93. The minimum Gasteiger partial charge on any atom is -0.352 e. The van der Waals surface area contributed by atoms with Gasteiger partial charge in [-0.05, 0) is 39.5 Å². The molecule has 0 aliphatic heterocycles. The predicted molar refractivity (Wildman–Crippen MR) is 83.4 cm³/mol. The Hall–Kier alpha value is -1.04. The van der Waals surface area contributed by atoms with Gasteiger partial charge in [0.2, 0.25) is 5.91 Å². The van der Waals surface area contributed by atoms with Crippen LogP contribution < -0.4 is 5.32 Å². The topological polar surface area (TPSA) is 59.8 Å². The van der Waals surface area contributed by atoms with Gasteiger partial charge in [0.15, 0.2) is 5.16 Å². The zero-order valence-corrected chi connectivity index (χ0v) is 13.7. The van der Waals surface area contributed by atoms with Crippen LogP contribution in [0.15, 0.2) is 5.16 Å². The van der Waals surface area contributed by atoms with Gasteiger partial charge in [0.1, 0.15) is 5.82 Å². The lowest BCUT2D eigenvalue weighted by Crippen LogP contribution is -2.37. The number of rotatable bonds is 6. The second-order valence-corrected chi connectivity index (χ2v) is 7.42. The fraction of sp³-hybridized carbons (Fsp3) is 0.800. The standard InChI is InChI=1S/C15H24N4OS/c1-3-19-13(11-8-9-11)17-18-15(19)21-10(2)14(20)16-12-6-4-5-7-12/h10-12H,3-9H2,1-2H3,(H,16,20). The van der Waals surface area contributed by atoms with Crippen molar-refractivity contribution in [2.75, 3.05) is 0 Å². The molecule has 2 fully saturated rings. The van der Waals surface area contributed by atoms with Gasteiger partial charge in [-0.25, -0.2) is 0 Å². The summed E-state index contributed by atoms with van der Waals surface area (Å²) in [5, 5.41) is 12.5. The van der Waals surface area contributed by atoms with Crippen molar-refractivity contribution < 1.29 is 4.79 Å². The van der Waals surface area contributed by atoms with Crippen molar-refractivity contribution in [2.45, 2.75) is 81.3 Å². The van der Waals surface area contributed by atoms with Gasteiger partial charge in [-0.1, -0.05) is 24.6 Å². The number of aromatic nitrogens is 3. The van der Waals surface area contributed by atoms with Gasteiger partial charge in [-0.2, -0.15) is 0 Å². The van der Waals surface area contributed by atoms with E-state index in [1.54, 1.807) is 0 Å². The molecule has 2 aliphatic rings. The SMILES string of the molecule is CCn1c(SC(C)C(=O)NC2CCCC2)nnc1C1CC1. The smallest absolute Gasteiger partial charge is 0.233 e. The average Bonchev–Trinajstić information content (AvgIpc) is 3.04. The molecule has 0 radical (unpaired) electrons. The van der Waals surface area contributed by atoms with E-state index in [4.69, 9.17) is 0 Å². The molecule has 1 amide bonds. The molecule has 1 aromatic heterocycles. The molecule has 1 N–H and O–H groups in total. The van der Waals surface area contributed by atoms with E-state index in [0.29, 0.717) is 12.0 Å². The molecule has 2 saturated carbocycles. The van der Waals surface area contributed by atoms with Crippen molar-refractivity contribution in [3.8, 4) is 0 Å². The maximum Gasteiger partial charge on any atom is 0.233 e. The third kappa shape index (κ3) is 3.42. The van der Waals surface area contributed by atoms with Crippen LogP contribution in [0.1, 0.15) is 64.1 Å². The van der Waals surface area contributed by atoms with Crippen molar-refractivity contribution >= 4 is 17.7 Å². The number of nitrogens with one attached hydrogen (secondary N) is 1. The third-order valence-corrected chi connectivity index (χ3v) is 5.44. The highest BCUT2D eigenvalue weighted by atomic mass is 32.2. The molecule has 21 heavy (non-hydrogen) atoms. The number of carbonyl (C=O) groups excluding carboxylic acids is 1. The van der Waals surface area contributed by atoms with E-state index in [-0.39, 0.29) is 11.2 Å². The van der Waals surface area contributed by atoms with E-state index < -0.39 is 0 Å². The van der Waals surface area contributed by atoms with E-state index in [1.165, 1.54) is 37.4 Å². The molecule has 1 unspecified atom stereocenters. The first-order chi connectivity index (χ1) is 10.2. The van der Waals surface area contributed by atoms with Crippen molar-refractivity contribution in [1.29, 1.82) is 0 Å². The van der Waals surface area contributed by atoms with Crippen LogP contribution in [-0.2, 0) is 11.3 Å². The van der Waals surface area contributed by atoms with Crippen LogP contribution >= 0.6 is 11.8 Å². The molecule has 5 nitrogen and oxygen atoms in total. The summed E-state index contributed by atoms with van der Waals surface area (Å²) in [6.45, 7) is 4.95. The van der Waals surface area contributed by atoms with Gasteiger partial charge >= 0.3 is 0 Å². The van der Waals surface area contributed by atoms with Crippen molar-refractivity contribution in [3.63, 3.8) is 0 Å². The number of nitrogens with zero attached hydrogens (tertiary/aromatic N) is 3. The zero-order valence-electron chi connectivity index (χ0n) is 12.8. The number of amides is 1. The molecule has 3 rings (SSSR count). The van der Waals surface area contributed by atoms with Crippen LogP contribution in [0.5, 0.6) is 0 Å². The first-order valence-corrected chi connectivity index (χ1v) is 8.97. The minimum absolute atomic E-state index is 0.118. The van der Waals surface area contributed by atoms with E-state index in [1.807, 2.05) is 6.92 Å². The number of thioether (sulfide) groups is 1. The Labute approximate surface area is 130 Å². The van der Waals surface area contributed by atoms with E-state index in [0.717, 1.165) is 30.4 Å². The lowest BCUT2D eigenvalue weighted by atomic mass is 10.2. The van der Waals surface area contributed by atoms with E-state index >= 15 is 0 Å². The maximum atomic E-state index is 12.3. The average molecular weight is 308 g/mol. The quantitative estimate of drug-likeness (QED) is 0.821. The summed E-state index contributed by atoms with van der Waals surface area (Å²) in [5.74, 6) is 1.82. The molecule has 0 spiro atoms. The molecule has 116 valence electrons. The van der Waals surface area contributed by atoms with Crippen LogP contribution in [0.25, 0.3) is 0 Å². The van der Waals surface area contributed by atoms with Crippen molar-refractivity contribution in [3.05, 3.63) is 5.82 Å². The molecule has 1 atom stereocenters. The molecular weight excluding hydrogens is 284 g/mol. The Morgan fingerprint density at radius 2 is 2.05 bits per heavy atom. The van der Waals surface area contributed by atoms with Gasteiger partial charge in [0.05, 0.1) is 5.25 Å². The highest BCUT2D eigenvalue weighted by Crippen LogP contribution is 2.40. The Kier molecular flexibility index (Phi) is 4.52. The fourth-order valence-corrected chi connectivity index (χ4v) is 3.86. The van der Waals surface area contributed by atoms with Crippen LogP contribution in [0, 0.1) is 0 Å². The van der Waals surface area contributed by atoms with E-state index in [9.17, 15) is 4.79 Å². The van der Waals surface area contributed by atoms with Gasteiger partial charge in [-0.3, -0.25) is 4.79 Å². The summed E-state index contributed by atoms with van der Waals surface area (Å²) < 4.78 is 2.17. The molecule has 0 saturated heterocycles. The summed E-state index contributed by atoms with van der Waals surface area (Å²) in [7, 11) is 0. The highest BCUT2D eigenvalue weighted by Gasteiger charge is 2.31. The van der Waals surface area contributed by atoms with E-state index in [2.05, 4.69) is 27.0 Å². The number of carbonyl (C=O) groups is 1. The number of hydrogen-bond acceptors (Lipinski definition) is 4. The molecule has 1 aromatic rings. The largest absolute Gasteiger partial charge is 0.352 e. The van der Waals surface area contributed by atoms with Gasteiger partial charge in [0, 0.05) is 18.5 Å². The Balaban J connectivity index is 1.60. The summed E-state index contributed by atoms with van der Waals surface area (Å²) in [6, 6.07) is 0.381. The normalized spacial score (nSPS) is 20.7. The van der Waals surface area contributed by atoms with Crippen LogP contribution in [0.2, 0.25) is 0 Å². The summed E-state index contributed by atoms with van der Waals surface area (Å²) in [4.78, 5) is 12.3. The summed E-state index contributed by atoms with van der Waals surface area (Å²) in [6.07, 6.45) is 7.17. The maximum absolute atomic E-state index is 12.3. The zero-order chi connectivity index (χ0) is 14.8. The summed E-state index contributed by atoms with van der Waals surface area (Å²) >= 11 is 1.53. The second-order valence-electron chi connectivity index (χ2n) is 6.11. The Bertz CT molecular complexity index is 506. The lowest BCUT2D eigenvalue weighted by molar-refractivity contribution is -0.120.